The Labute approximate surface area is 162 Å². The zero-order valence-electron chi connectivity index (χ0n) is 15.8. The third kappa shape index (κ3) is 5.54. The second kappa shape index (κ2) is 8.98. The number of nitro benzene ring substituents is 1. The van der Waals surface area contributed by atoms with Crippen molar-refractivity contribution in [2.24, 2.45) is 5.41 Å². The quantitative estimate of drug-likeness (QED) is 0.449. The van der Waals surface area contributed by atoms with Gasteiger partial charge in [0.1, 0.15) is 5.69 Å². The number of nitro groups is 1. The Balaban J connectivity index is 2.05. The highest BCUT2D eigenvalue weighted by Crippen LogP contribution is 2.26. The highest BCUT2D eigenvalue weighted by molar-refractivity contribution is 5.95. The number of anilines is 1. The Kier molecular flexibility index (Phi) is 6.70. The summed E-state index contributed by atoms with van der Waals surface area (Å²) in [6.45, 7) is 3.70. The van der Waals surface area contributed by atoms with Crippen molar-refractivity contribution < 1.29 is 19.6 Å². The minimum Gasteiger partial charge on any atom is -0.481 e. The van der Waals surface area contributed by atoms with Gasteiger partial charge in [-0.15, -0.1) is 0 Å². The van der Waals surface area contributed by atoms with Crippen LogP contribution in [0.3, 0.4) is 0 Å². The fraction of sp³-hybridized carbons (Fsp3) is 0.300. The first-order chi connectivity index (χ1) is 13.2. The Morgan fingerprint density at radius 3 is 2.43 bits per heavy atom. The highest BCUT2D eigenvalue weighted by Gasteiger charge is 2.26. The molecule has 1 amide bonds. The molecule has 0 aliphatic rings. The van der Waals surface area contributed by atoms with Crippen molar-refractivity contribution in [3.63, 3.8) is 0 Å². The molecule has 2 rings (SSSR count). The molecule has 2 aromatic rings. The van der Waals surface area contributed by atoms with Gasteiger partial charge >= 0.3 is 5.97 Å². The van der Waals surface area contributed by atoms with E-state index < -0.39 is 22.2 Å². The van der Waals surface area contributed by atoms with E-state index in [0.29, 0.717) is 12.2 Å². The number of aliphatic carboxylic acids is 1. The predicted octanol–water partition coefficient (Wildman–Crippen LogP) is 3.44. The van der Waals surface area contributed by atoms with Gasteiger partial charge in [-0.1, -0.05) is 30.3 Å². The van der Waals surface area contributed by atoms with E-state index >= 15 is 0 Å². The van der Waals surface area contributed by atoms with Gasteiger partial charge in [0, 0.05) is 24.7 Å². The maximum atomic E-state index is 12.3. The summed E-state index contributed by atoms with van der Waals surface area (Å²) in [5, 5.41) is 26.1. The lowest BCUT2D eigenvalue weighted by Crippen LogP contribution is -2.32. The lowest BCUT2D eigenvalue weighted by Gasteiger charge is -2.18. The van der Waals surface area contributed by atoms with Gasteiger partial charge < -0.3 is 15.7 Å². The van der Waals surface area contributed by atoms with Gasteiger partial charge in [0.2, 0.25) is 0 Å². The number of carboxylic acid groups (broad SMARTS) is 1. The molecule has 0 bridgehead atoms. The van der Waals surface area contributed by atoms with Crippen molar-refractivity contribution in [2.75, 3.05) is 11.9 Å². The number of nitrogens with zero attached hydrogens (tertiary/aromatic N) is 1. The average molecular weight is 385 g/mol. The predicted molar refractivity (Wildman–Crippen MR) is 105 cm³/mol. The second-order valence-electron chi connectivity index (χ2n) is 7.02. The van der Waals surface area contributed by atoms with Crippen LogP contribution in [-0.2, 0) is 11.3 Å². The minimum atomic E-state index is -0.968. The van der Waals surface area contributed by atoms with Crippen LogP contribution in [0.2, 0.25) is 0 Å². The van der Waals surface area contributed by atoms with Crippen molar-refractivity contribution in [2.45, 2.75) is 26.8 Å². The molecule has 0 spiro atoms. The monoisotopic (exact) mass is 385 g/mol. The first-order valence-electron chi connectivity index (χ1n) is 8.78. The maximum Gasteiger partial charge on any atom is 0.309 e. The van der Waals surface area contributed by atoms with E-state index in [9.17, 15) is 19.7 Å². The molecule has 0 saturated heterocycles. The zero-order valence-corrected chi connectivity index (χ0v) is 15.8. The van der Waals surface area contributed by atoms with Gasteiger partial charge in [-0.3, -0.25) is 19.7 Å². The maximum absolute atomic E-state index is 12.3. The number of amides is 1. The molecular weight excluding hydrogens is 362 g/mol. The van der Waals surface area contributed by atoms with Crippen LogP contribution in [0.25, 0.3) is 0 Å². The molecular formula is C20H23N3O5. The van der Waals surface area contributed by atoms with Crippen LogP contribution >= 0.6 is 0 Å². The number of carboxylic acids is 1. The molecule has 0 fully saturated rings. The van der Waals surface area contributed by atoms with Crippen molar-refractivity contribution in [3.05, 3.63) is 69.8 Å². The lowest BCUT2D eigenvalue weighted by molar-refractivity contribution is -0.384. The fourth-order valence-corrected chi connectivity index (χ4v) is 2.46. The van der Waals surface area contributed by atoms with Crippen molar-refractivity contribution in [1.82, 2.24) is 5.32 Å². The average Bonchev–Trinajstić information content (AvgIpc) is 2.66. The van der Waals surface area contributed by atoms with Gasteiger partial charge in [-0.2, -0.15) is 0 Å². The van der Waals surface area contributed by atoms with Gasteiger partial charge in [0.05, 0.1) is 10.3 Å². The molecule has 3 N–H and O–H groups in total. The smallest absolute Gasteiger partial charge is 0.309 e. The second-order valence-corrected chi connectivity index (χ2v) is 7.02. The Morgan fingerprint density at radius 2 is 1.82 bits per heavy atom. The molecule has 28 heavy (non-hydrogen) atoms. The van der Waals surface area contributed by atoms with Crippen LogP contribution in [-0.4, -0.2) is 28.5 Å². The summed E-state index contributed by atoms with van der Waals surface area (Å²) < 4.78 is 0. The van der Waals surface area contributed by atoms with Crippen LogP contribution in [0.4, 0.5) is 11.4 Å². The Bertz CT molecular complexity index is 865. The number of carbonyl (C=O) groups is 2. The number of hydrogen-bond acceptors (Lipinski definition) is 5. The summed E-state index contributed by atoms with van der Waals surface area (Å²) in [4.78, 5) is 34.2. The SMILES string of the molecule is CC(C)(CCNC(=O)c1ccc(NCc2ccccc2)c([N+](=O)[O-])c1)C(=O)O. The van der Waals surface area contributed by atoms with Gasteiger partial charge in [-0.25, -0.2) is 0 Å². The topological polar surface area (TPSA) is 122 Å². The summed E-state index contributed by atoms with van der Waals surface area (Å²) in [5.74, 6) is -1.44. The van der Waals surface area contributed by atoms with Crippen LogP contribution in [0, 0.1) is 15.5 Å². The molecule has 0 aliphatic heterocycles. The van der Waals surface area contributed by atoms with Crippen LogP contribution < -0.4 is 10.6 Å². The number of hydrogen-bond donors (Lipinski definition) is 3. The highest BCUT2D eigenvalue weighted by atomic mass is 16.6. The number of rotatable bonds is 9. The van der Waals surface area contributed by atoms with Crippen LogP contribution in [0.1, 0.15) is 36.2 Å². The summed E-state index contributed by atoms with van der Waals surface area (Å²) in [5.41, 5.74) is 0.265. The standard InChI is InChI=1S/C20H23N3O5/c1-20(2,19(25)26)10-11-21-18(24)15-8-9-16(17(12-15)23(27)28)22-13-14-6-4-3-5-7-14/h3-9,12,22H,10-11,13H2,1-2H3,(H,21,24)(H,25,26). The first-order valence-corrected chi connectivity index (χ1v) is 8.78. The molecule has 8 heteroatoms. The zero-order chi connectivity index (χ0) is 20.7. The van der Waals surface area contributed by atoms with Crippen molar-refractivity contribution >= 4 is 23.3 Å². The van der Waals surface area contributed by atoms with E-state index in [4.69, 9.17) is 5.11 Å². The molecule has 2 aromatic carbocycles. The summed E-state index contributed by atoms with van der Waals surface area (Å²) in [6.07, 6.45) is 0.243. The molecule has 148 valence electrons. The molecule has 0 radical (unpaired) electrons. The Hall–Kier alpha value is -3.42. The van der Waals surface area contributed by atoms with Crippen molar-refractivity contribution in [3.8, 4) is 0 Å². The van der Waals surface area contributed by atoms with E-state index in [1.807, 2.05) is 30.3 Å². The van der Waals surface area contributed by atoms with Crippen molar-refractivity contribution in [1.29, 1.82) is 0 Å². The van der Waals surface area contributed by atoms with Crippen LogP contribution in [0.15, 0.2) is 48.5 Å². The van der Waals surface area contributed by atoms with Gasteiger partial charge in [-0.05, 0) is 38.0 Å². The lowest BCUT2D eigenvalue weighted by atomic mass is 9.90. The molecule has 0 saturated carbocycles. The molecule has 0 aliphatic carbocycles. The summed E-state index contributed by atoms with van der Waals surface area (Å²) in [7, 11) is 0. The Morgan fingerprint density at radius 1 is 1.14 bits per heavy atom. The third-order valence-corrected chi connectivity index (χ3v) is 4.40. The number of nitrogens with one attached hydrogen (secondary N) is 2. The molecule has 0 heterocycles. The molecule has 0 unspecified atom stereocenters. The largest absolute Gasteiger partial charge is 0.481 e. The minimum absolute atomic E-state index is 0.144. The summed E-state index contributed by atoms with van der Waals surface area (Å²) in [6, 6.07) is 13.7. The van der Waals surface area contributed by atoms with Gasteiger partial charge in [0.25, 0.3) is 11.6 Å². The normalized spacial score (nSPS) is 10.9. The molecule has 0 aromatic heterocycles. The fourth-order valence-electron chi connectivity index (χ4n) is 2.46. The third-order valence-electron chi connectivity index (χ3n) is 4.40. The van der Waals surface area contributed by atoms with E-state index in [1.54, 1.807) is 13.8 Å². The van der Waals surface area contributed by atoms with E-state index in [0.717, 1.165) is 5.56 Å². The van der Waals surface area contributed by atoms with E-state index in [1.165, 1.54) is 18.2 Å². The van der Waals surface area contributed by atoms with Gasteiger partial charge in [0.15, 0.2) is 0 Å². The first kappa shape index (κ1) is 20.9. The summed E-state index contributed by atoms with van der Waals surface area (Å²) >= 11 is 0. The molecule has 0 atom stereocenters. The number of carbonyl (C=O) groups excluding carboxylic acids is 1. The molecule has 8 nitrogen and oxygen atoms in total. The number of benzene rings is 2. The van der Waals surface area contributed by atoms with E-state index in [-0.39, 0.29) is 24.2 Å². The van der Waals surface area contributed by atoms with E-state index in [2.05, 4.69) is 10.6 Å². The van der Waals surface area contributed by atoms with Crippen LogP contribution in [0.5, 0.6) is 0 Å².